The quantitative estimate of drug-likeness (QED) is 0.710. The molecule has 2 saturated carbocycles. The number of fused-ring (bicyclic) bond motifs is 2. The lowest BCUT2D eigenvalue weighted by atomic mass is 9.84. The van der Waals surface area contributed by atoms with Gasteiger partial charge in [-0.3, -0.25) is 9.59 Å². The Balaban J connectivity index is 1.28. The van der Waals surface area contributed by atoms with E-state index < -0.39 is 0 Å². The Hall–Kier alpha value is -2.24. The molecule has 1 aliphatic heterocycles. The number of methoxy groups -OCH3 is 2. The van der Waals surface area contributed by atoms with Gasteiger partial charge in [0, 0.05) is 25.6 Å². The second kappa shape index (κ2) is 8.86. The molecule has 0 aromatic heterocycles. The van der Waals surface area contributed by atoms with Crippen molar-refractivity contribution in [1.29, 1.82) is 0 Å². The Morgan fingerprint density at radius 2 is 2.00 bits per heavy atom. The van der Waals surface area contributed by atoms with Crippen molar-refractivity contribution in [1.82, 2.24) is 10.2 Å². The molecule has 1 N–H and O–H groups in total. The molecule has 6 heteroatoms. The maximum atomic E-state index is 12.8. The van der Waals surface area contributed by atoms with Crippen LogP contribution in [0, 0.1) is 23.7 Å². The minimum absolute atomic E-state index is 0.0484. The Kier molecular flexibility index (Phi) is 6.21. The van der Waals surface area contributed by atoms with Crippen LogP contribution < -0.4 is 14.8 Å². The van der Waals surface area contributed by atoms with E-state index in [2.05, 4.69) is 12.2 Å². The summed E-state index contributed by atoms with van der Waals surface area (Å²) in [5, 5.41) is 3.24. The first kappa shape index (κ1) is 21.0. The second-order valence-electron chi connectivity index (χ2n) is 9.32. The number of hydrogen-bond acceptors (Lipinski definition) is 4. The maximum absolute atomic E-state index is 12.8. The molecule has 4 rings (SSSR count). The first-order valence-electron chi connectivity index (χ1n) is 11.3. The zero-order chi connectivity index (χ0) is 21.3. The van der Waals surface area contributed by atoms with Crippen LogP contribution in [0.3, 0.4) is 0 Å². The minimum Gasteiger partial charge on any atom is -0.493 e. The van der Waals surface area contributed by atoms with Gasteiger partial charge in [-0.05, 0) is 68.1 Å². The van der Waals surface area contributed by atoms with Crippen molar-refractivity contribution in [2.45, 2.75) is 51.5 Å². The van der Waals surface area contributed by atoms with Gasteiger partial charge in [0.2, 0.25) is 11.8 Å². The molecule has 3 fully saturated rings. The van der Waals surface area contributed by atoms with Crippen LogP contribution in [0.25, 0.3) is 0 Å². The van der Waals surface area contributed by atoms with Crippen LogP contribution in [-0.2, 0) is 16.0 Å². The van der Waals surface area contributed by atoms with Crippen molar-refractivity contribution < 1.29 is 19.1 Å². The van der Waals surface area contributed by atoms with Gasteiger partial charge in [0.15, 0.2) is 11.5 Å². The molecule has 3 aliphatic rings. The minimum atomic E-state index is -0.232. The lowest BCUT2D eigenvalue weighted by molar-refractivity contribution is -0.129. The summed E-state index contributed by atoms with van der Waals surface area (Å²) in [5.41, 5.74) is 1.08. The lowest BCUT2D eigenvalue weighted by Crippen LogP contribution is -2.43. The number of hydrogen-bond donors (Lipinski definition) is 1. The van der Waals surface area contributed by atoms with Crippen molar-refractivity contribution in [2.75, 3.05) is 27.3 Å². The number of rotatable bonds is 8. The van der Waals surface area contributed by atoms with E-state index in [9.17, 15) is 9.59 Å². The summed E-state index contributed by atoms with van der Waals surface area (Å²) in [4.78, 5) is 27.1. The molecular formula is C24H34N2O4. The fourth-order valence-electron chi connectivity index (χ4n) is 5.82. The zero-order valence-corrected chi connectivity index (χ0v) is 18.4. The van der Waals surface area contributed by atoms with E-state index >= 15 is 0 Å². The zero-order valence-electron chi connectivity index (χ0n) is 18.4. The molecule has 30 heavy (non-hydrogen) atoms. The van der Waals surface area contributed by atoms with Crippen LogP contribution in [-0.4, -0.2) is 50.1 Å². The van der Waals surface area contributed by atoms with Gasteiger partial charge >= 0.3 is 0 Å². The second-order valence-corrected chi connectivity index (χ2v) is 9.32. The third-order valence-corrected chi connectivity index (χ3v) is 7.51. The highest BCUT2D eigenvalue weighted by atomic mass is 16.5. The molecule has 0 radical (unpaired) electrons. The Labute approximate surface area is 179 Å². The summed E-state index contributed by atoms with van der Waals surface area (Å²) in [6.45, 7) is 3.27. The van der Waals surface area contributed by atoms with Gasteiger partial charge in [-0.2, -0.15) is 0 Å². The van der Waals surface area contributed by atoms with Crippen LogP contribution in [0.5, 0.6) is 11.5 Å². The Bertz CT molecular complexity index is 795. The molecule has 1 heterocycles. The third-order valence-electron chi connectivity index (χ3n) is 7.51. The standard InChI is InChI=1S/C24H34N2O4/c1-15(20-11-17-4-6-18(20)10-17)25-24(28)19-13-23(27)26(14-19)9-8-16-5-7-21(29-2)22(12-16)30-3/h5,7,12,15,17-20H,4,6,8-11,13-14H2,1-3H3,(H,25,28)/t15-,17-,18-,19+,20+/m0/s1. The number of amides is 2. The molecule has 2 aliphatic carbocycles. The average Bonchev–Trinajstić information content (AvgIpc) is 3.47. The van der Waals surface area contributed by atoms with E-state index in [1.807, 2.05) is 23.1 Å². The number of benzene rings is 1. The first-order chi connectivity index (χ1) is 14.5. The molecule has 2 amide bonds. The topological polar surface area (TPSA) is 67.9 Å². The molecule has 0 spiro atoms. The number of nitrogens with one attached hydrogen (secondary N) is 1. The first-order valence-corrected chi connectivity index (χ1v) is 11.3. The van der Waals surface area contributed by atoms with E-state index in [1.54, 1.807) is 14.2 Å². The fraction of sp³-hybridized carbons (Fsp3) is 0.667. The summed E-state index contributed by atoms with van der Waals surface area (Å²) >= 11 is 0. The molecular weight excluding hydrogens is 380 g/mol. The van der Waals surface area contributed by atoms with Gasteiger partial charge in [0.1, 0.15) is 0 Å². The highest BCUT2D eigenvalue weighted by Gasteiger charge is 2.43. The summed E-state index contributed by atoms with van der Waals surface area (Å²) in [6, 6.07) is 6.03. The summed E-state index contributed by atoms with van der Waals surface area (Å²) < 4.78 is 10.6. The lowest BCUT2D eigenvalue weighted by Gasteiger charge is -2.29. The van der Waals surface area contributed by atoms with Crippen LogP contribution in [0.1, 0.15) is 44.6 Å². The molecule has 6 nitrogen and oxygen atoms in total. The monoisotopic (exact) mass is 414 g/mol. The van der Waals surface area contributed by atoms with Crippen LogP contribution in [0.2, 0.25) is 0 Å². The number of nitrogens with zero attached hydrogens (tertiary/aromatic N) is 1. The van der Waals surface area contributed by atoms with Crippen LogP contribution >= 0.6 is 0 Å². The van der Waals surface area contributed by atoms with E-state index in [0.29, 0.717) is 36.9 Å². The van der Waals surface area contributed by atoms with E-state index in [1.165, 1.54) is 25.7 Å². The maximum Gasteiger partial charge on any atom is 0.225 e. The predicted octanol–water partition coefficient (Wildman–Crippen LogP) is 3.04. The largest absolute Gasteiger partial charge is 0.493 e. The third kappa shape index (κ3) is 4.28. The van der Waals surface area contributed by atoms with Crippen molar-refractivity contribution in [3.63, 3.8) is 0 Å². The molecule has 1 saturated heterocycles. The number of carbonyl (C=O) groups excluding carboxylic acids is 2. The summed E-state index contributed by atoms with van der Waals surface area (Å²) in [5.74, 6) is 3.55. The van der Waals surface area contributed by atoms with Crippen LogP contribution in [0.15, 0.2) is 18.2 Å². The molecule has 2 bridgehead atoms. The molecule has 5 atom stereocenters. The molecule has 0 unspecified atom stereocenters. The highest BCUT2D eigenvalue weighted by Crippen LogP contribution is 2.49. The van der Waals surface area contributed by atoms with Gasteiger partial charge in [-0.1, -0.05) is 12.5 Å². The fourth-order valence-corrected chi connectivity index (χ4v) is 5.82. The average molecular weight is 415 g/mol. The Morgan fingerprint density at radius 3 is 2.67 bits per heavy atom. The number of ether oxygens (including phenoxy) is 2. The van der Waals surface area contributed by atoms with Gasteiger partial charge in [0.25, 0.3) is 0 Å². The Morgan fingerprint density at radius 1 is 1.20 bits per heavy atom. The number of likely N-dealkylation sites (tertiary alicyclic amines) is 1. The van der Waals surface area contributed by atoms with Crippen molar-refractivity contribution in [3.8, 4) is 11.5 Å². The van der Waals surface area contributed by atoms with E-state index in [-0.39, 0.29) is 23.8 Å². The van der Waals surface area contributed by atoms with Gasteiger partial charge in [0.05, 0.1) is 20.1 Å². The molecule has 1 aromatic carbocycles. The predicted molar refractivity (Wildman–Crippen MR) is 114 cm³/mol. The van der Waals surface area contributed by atoms with Crippen LogP contribution in [0.4, 0.5) is 0 Å². The van der Waals surface area contributed by atoms with Crippen molar-refractivity contribution >= 4 is 11.8 Å². The smallest absolute Gasteiger partial charge is 0.225 e. The van der Waals surface area contributed by atoms with E-state index in [4.69, 9.17) is 9.47 Å². The molecule has 164 valence electrons. The van der Waals surface area contributed by atoms with E-state index in [0.717, 1.165) is 23.8 Å². The molecule has 1 aromatic rings. The number of carbonyl (C=O) groups is 2. The van der Waals surface area contributed by atoms with Gasteiger partial charge in [-0.15, -0.1) is 0 Å². The summed E-state index contributed by atoms with van der Waals surface area (Å²) in [7, 11) is 3.23. The van der Waals surface area contributed by atoms with Crippen molar-refractivity contribution in [3.05, 3.63) is 23.8 Å². The van der Waals surface area contributed by atoms with Gasteiger partial charge < -0.3 is 19.7 Å². The SMILES string of the molecule is COc1ccc(CCN2C[C@H](C(=O)N[C@@H](C)[C@H]3C[C@H]4CC[C@H]3C4)CC2=O)cc1OC. The normalized spacial score (nSPS) is 28.6. The van der Waals surface area contributed by atoms with Gasteiger partial charge in [-0.25, -0.2) is 0 Å². The highest BCUT2D eigenvalue weighted by molar-refractivity contribution is 5.89. The summed E-state index contributed by atoms with van der Waals surface area (Å²) in [6.07, 6.45) is 6.34. The van der Waals surface area contributed by atoms with Crippen molar-refractivity contribution in [2.24, 2.45) is 23.7 Å².